The van der Waals surface area contributed by atoms with Gasteiger partial charge in [-0.3, -0.25) is 0 Å². The fourth-order valence-corrected chi connectivity index (χ4v) is 2.72. The molecule has 98 valence electrons. The highest BCUT2D eigenvalue weighted by molar-refractivity contribution is 6.31. The number of amides is 1. The van der Waals surface area contributed by atoms with Crippen LogP contribution in [0.1, 0.15) is 25.3 Å². The summed E-state index contributed by atoms with van der Waals surface area (Å²) < 4.78 is 4.92. The van der Waals surface area contributed by atoms with E-state index >= 15 is 0 Å². The Morgan fingerprint density at radius 3 is 2.83 bits per heavy atom. The van der Waals surface area contributed by atoms with E-state index in [4.69, 9.17) is 22.1 Å². The number of aliphatic hydroxyl groups is 1. The predicted molar refractivity (Wildman–Crippen MR) is 68.2 cm³/mol. The molecule has 0 aromatic heterocycles. The topological polar surface area (TPSA) is 72.6 Å². The molecule has 3 N–H and O–H groups in total. The number of benzene rings is 1. The SMILES string of the molecule is CC[C@](O)(c1ccccc1Cl)[C@H]1CC1OC(N)=O. The summed E-state index contributed by atoms with van der Waals surface area (Å²) in [6.07, 6.45) is -0.0118. The van der Waals surface area contributed by atoms with Crippen LogP contribution < -0.4 is 5.73 Å². The molecule has 4 nitrogen and oxygen atoms in total. The molecular formula is C13H16ClNO3. The fraction of sp³-hybridized carbons (Fsp3) is 0.462. The molecule has 5 heteroatoms. The van der Waals surface area contributed by atoms with E-state index < -0.39 is 11.7 Å². The Kier molecular flexibility index (Phi) is 3.50. The molecule has 2 rings (SSSR count). The first-order valence-corrected chi connectivity index (χ1v) is 6.30. The molecule has 1 aliphatic rings. The normalized spacial score (nSPS) is 25.3. The Labute approximate surface area is 111 Å². The van der Waals surface area contributed by atoms with Crippen LogP contribution in [-0.4, -0.2) is 17.3 Å². The molecule has 0 spiro atoms. The van der Waals surface area contributed by atoms with Crippen molar-refractivity contribution in [1.82, 2.24) is 0 Å². The summed E-state index contributed by atoms with van der Waals surface area (Å²) in [5, 5.41) is 11.3. The van der Waals surface area contributed by atoms with Gasteiger partial charge >= 0.3 is 6.09 Å². The summed E-state index contributed by atoms with van der Waals surface area (Å²) in [5.74, 6) is -0.144. The van der Waals surface area contributed by atoms with Crippen molar-refractivity contribution in [2.24, 2.45) is 11.7 Å². The Morgan fingerprint density at radius 1 is 1.61 bits per heavy atom. The highest BCUT2D eigenvalue weighted by Gasteiger charge is 2.54. The van der Waals surface area contributed by atoms with Crippen molar-refractivity contribution in [2.75, 3.05) is 0 Å². The first kappa shape index (κ1) is 13.2. The maximum atomic E-state index is 10.8. The van der Waals surface area contributed by atoms with Crippen LogP contribution in [0.4, 0.5) is 4.79 Å². The molecular weight excluding hydrogens is 254 g/mol. The van der Waals surface area contributed by atoms with E-state index in [1.807, 2.05) is 19.1 Å². The molecule has 3 atom stereocenters. The maximum absolute atomic E-state index is 10.8. The maximum Gasteiger partial charge on any atom is 0.404 e. The summed E-state index contributed by atoms with van der Waals surface area (Å²) in [5.41, 5.74) is 4.58. The number of hydrogen-bond acceptors (Lipinski definition) is 3. The van der Waals surface area contributed by atoms with Crippen molar-refractivity contribution in [2.45, 2.75) is 31.5 Å². The molecule has 1 unspecified atom stereocenters. The molecule has 0 saturated heterocycles. The number of ether oxygens (including phenoxy) is 1. The molecule has 1 amide bonds. The zero-order valence-corrected chi connectivity index (χ0v) is 10.9. The van der Waals surface area contributed by atoms with Crippen LogP contribution in [0.25, 0.3) is 0 Å². The molecule has 1 aliphatic carbocycles. The second-order valence-electron chi connectivity index (χ2n) is 4.58. The molecule has 18 heavy (non-hydrogen) atoms. The van der Waals surface area contributed by atoms with Crippen LogP contribution in [0.2, 0.25) is 5.02 Å². The van der Waals surface area contributed by atoms with Gasteiger partial charge in [0.25, 0.3) is 0 Å². The Balaban J connectivity index is 2.23. The number of hydrogen-bond donors (Lipinski definition) is 2. The average molecular weight is 270 g/mol. The van der Waals surface area contributed by atoms with Crippen molar-refractivity contribution in [3.63, 3.8) is 0 Å². The van der Waals surface area contributed by atoms with Gasteiger partial charge in [0.05, 0.1) is 5.60 Å². The van der Waals surface area contributed by atoms with Gasteiger partial charge in [0.1, 0.15) is 6.10 Å². The number of rotatable bonds is 4. The van der Waals surface area contributed by atoms with E-state index in [0.717, 1.165) is 0 Å². The predicted octanol–water partition coefficient (Wildman–Crippen LogP) is 2.42. The number of carbonyl (C=O) groups excluding carboxylic acids is 1. The van der Waals surface area contributed by atoms with Crippen molar-refractivity contribution in [3.05, 3.63) is 34.9 Å². The van der Waals surface area contributed by atoms with Crippen molar-refractivity contribution >= 4 is 17.7 Å². The molecule has 0 radical (unpaired) electrons. The smallest absolute Gasteiger partial charge is 0.404 e. The number of halogens is 1. The van der Waals surface area contributed by atoms with E-state index in [1.165, 1.54) is 0 Å². The van der Waals surface area contributed by atoms with Gasteiger partial charge in [0.2, 0.25) is 0 Å². The van der Waals surface area contributed by atoms with Gasteiger partial charge in [-0.05, 0) is 18.9 Å². The highest BCUT2D eigenvalue weighted by atomic mass is 35.5. The zero-order chi connectivity index (χ0) is 13.3. The van der Waals surface area contributed by atoms with Gasteiger partial charge in [-0.1, -0.05) is 36.7 Å². The van der Waals surface area contributed by atoms with E-state index in [-0.39, 0.29) is 12.0 Å². The molecule has 0 aliphatic heterocycles. The van der Waals surface area contributed by atoms with Crippen molar-refractivity contribution in [1.29, 1.82) is 0 Å². The lowest BCUT2D eigenvalue weighted by atomic mass is 9.86. The minimum absolute atomic E-state index is 0.144. The highest BCUT2D eigenvalue weighted by Crippen LogP contribution is 2.50. The molecule has 1 aromatic carbocycles. The van der Waals surface area contributed by atoms with E-state index in [2.05, 4.69) is 0 Å². The number of carbonyl (C=O) groups is 1. The standard InChI is InChI=1S/C13H16ClNO3/c1-2-13(17,8-5-3-4-6-10(8)14)9-7-11(9)18-12(15)16/h3-6,9,11,17H,2,7H2,1H3,(H2,15,16)/t9-,11?,13-/m0/s1. The van der Waals surface area contributed by atoms with Gasteiger partial charge in [0.15, 0.2) is 0 Å². The van der Waals surface area contributed by atoms with Gasteiger partial charge in [0, 0.05) is 16.5 Å². The van der Waals surface area contributed by atoms with E-state index in [0.29, 0.717) is 23.4 Å². The first-order valence-electron chi connectivity index (χ1n) is 5.92. The summed E-state index contributed by atoms with van der Waals surface area (Å²) in [6.45, 7) is 1.88. The largest absolute Gasteiger partial charge is 0.446 e. The molecule has 1 fully saturated rings. The van der Waals surface area contributed by atoms with Crippen LogP contribution >= 0.6 is 11.6 Å². The first-order chi connectivity index (χ1) is 8.49. The molecule has 0 heterocycles. The lowest BCUT2D eigenvalue weighted by molar-refractivity contribution is -0.00683. The third-order valence-corrected chi connectivity index (χ3v) is 3.82. The third-order valence-electron chi connectivity index (χ3n) is 3.49. The van der Waals surface area contributed by atoms with Crippen LogP contribution in [-0.2, 0) is 10.3 Å². The lowest BCUT2D eigenvalue weighted by Crippen LogP contribution is -2.30. The van der Waals surface area contributed by atoms with Crippen molar-refractivity contribution < 1.29 is 14.6 Å². The average Bonchev–Trinajstić information content (AvgIpc) is 3.07. The summed E-state index contributed by atoms with van der Waals surface area (Å²) in [6, 6.07) is 7.18. The summed E-state index contributed by atoms with van der Waals surface area (Å²) >= 11 is 6.12. The van der Waals surface area contributed by atoms with Gasteiger partial charge in [-0.25, -0.2) is 4.79 Å². The van der Waals surface area contributed by atoms with Crippen LogP contribution in [0.5, 0.6) is 0 Å². The molecule has 1 aromatic rings. The number of nitrogens with two attached hydrogens (primary N) is 1. The van der Waals surface area contributed by atoms with E-state index in [1.54, 1.807) is 12.1 Å². The summed E-state index contributed by atoms with van der Waals surface area (Å²) in [7, 11) is 0. The van der Waals surface area contributed by atoms with Gasteiger partial charge < -0.3 is 15.6 Å². The molecule has 1 saturated carbocycles. The second kappa shape index (κ2) is 4.78. The molecule has 0 bridgehead atoms. The fourth-order valence-electron chi connectivity index (χ4n) is 2.42. The second-order valence-corrected chi connectivity index (χ2v) is 4.98. The van der Waals surface area contributed by atoms with Crippen LogP contribution in [0, 0.1) is 5.92 Å². The van der Waals surface area contributed by atoms with Crippen molar-refractivity contribution in [3.8, 4) is 0 Å². The lowest BCUT2D eigenvalue weighted by Gasteiger charge is -2.28. The van der Waals surface area contributed by atoms with Crippen LogP contribution in [0.3, 0.4) is 0 Å². The summed E-state index contributed by atoms with van der Waals surface area (Å²) in [4.78, 5) is 10.7. The minimum atomic E-state index is -1.07. The third kappa shape index (κ3) is 2.31. The number of primary amides is 1. The minimum Gasteiger partial charge on any atom is -0.446 e. The van der Waals surface area contributed by atoms with Crippen LogP contribution in [0.15, 0.2) is 24.3 Å². The quantitative estimate of drug-likeness (QED) is 0.882. The van der Waals surface area contributed by atoms with Gasteiger partial charge in [-0.15, -0.1) is 0 Å². The Bertz CT molecular complexity index is 465. The monoisotopic (exact) mass is 269 g/mol. The Hall–Kier alpha value is -1.26. The van der Waals surface area contributed by atoms with Gasteiger partial charge in [-0.2, -0.15) is 0 Å². The zero-order valence-electron chi connectivity index (χ0n) is 10.1. The Morgan fingerprint density at radius 2 is 2.28 bits per heavy atom. The van der Waals surface area contributed by atoms with E-state index in [9.17, 15) is 9.90 Å².